The Balaban J connectivity index is 2.08. The molecule has 0 aliphatic carbocycles. The fourth-order valence-corrected chi connectivity index (χ4v) is 2.92. The summed E-state index contributed by atoms with van der Waals surface area (Å²) < 4.78 is 27.4. The molecule has 0 aliphatic heterocycles. The van der Waals surface area contributed by atoms with E-state index in [4.69, 9.17) is 0 Å². The van der Waals surface area contributed by atoms with Gasteiger partial charge in [0.2, 0.25) is 10.0 Å². The lowest BCUT2D eigenvalue weighted by Gasteiger charge is -2.08. The predicted molar refractivity (Wildman–Crippen MR) is 78.9 cm³/mol. The van der Waals surface area contributed by atoms with Crippen LogP contribution in [0.4, 0.5) is 0 Å². The molecular weight excluding hydrogens is 358 g/mol. The van der Waals surface area contributed by atoms with E-state index < -0.39 is 16.0 Å². The second kappa shape index (κ2) is 6.38. The monoisotopic (exact) mass is 368 g/mol. The Kier molecular flexibility index (Phi) is 4.76. The highest BCUT2D eigenvalue weighted by Crippen LogP contribution is 2.15. The van der Waals surface area contributed by atoms with Crippen molar-refractivity contribution in [2.75, 3.05) is 0 Å². The van der Waals surface area contributed by atoms with E-state index in [1.807, 2.05) is 0 Å². The van der Waals surface area contributed by atoms with Gasteiger partial charge in [0.15, 0.2) is 0 Å². The van der Waals surface area contributed by atoms with Gasteiger partial charge in [-0.05, 0) is 35.4 Å². The zero-order chi connectivity index (χ0) is 15.5. The summed E-state index contributed by atoms with van der Waals surface area (Å²) in [6.07, 6.45) is 0. The first-order valence-electron chi connectivity index (χ1n) is 5.94. The topological polar surface area (TPSA) is 86.3 Å². The predicted octanol–water partition coefficient (Wildman–Crippen LogP) is 1.29. The van der Waals surface area contributed by atoms with Crippen molar-refractivity contribution < 1.29 is 18.3 Å². The van der Waals surface area contributed by atoms with Crippen molar-refractivity contribution in [2.24, 2.45) is 0 Å². The molecule has 0 radical (unpaired) electrons. The quantitative estimate of drug-likeness (QED) is 0.861. The van der Waals surface area contributed by atoms with Crippen LogP contribution in [0.25, 0.3) is 0 Å². The molecule has 0 amide bonds. The van der Waals surface area contributed by atoms with E-state index >= 15 is 0 Å². The summed E-state index contributed by atoms with van der Waals surface area (Å²) in [6, 6.07) is 12.1. The molecule has 2 rings (SSSR count). The Hall–Kier alpha value is -1.70. The fourth-order valence-electron chi connectivity index (χ4n) is 1.63. The number of sulfonamides is 1. The Labute approximate surface area is 130 Å². The maximum absolute atomic E-state index is 12.1. The molecule has 5 nitrogen and oxygen atoms in total. The molecule has 0 aromatic heterocycles. The van der Waals surface area contributed by atoms with E-state index in [1.54, 1.807) is 12.1 Å². The summed E-state index contributed by atoms with van der Waals surface area (Å²) in [4.78, 5) is 10.8. The summed E-state index contributed by atoms with van der Waals surface area (Å²) in [5.41, 5.74) is 0.704. The number of carboxylic acid groups (broad SMARTS) is 1. The summed E-state index contributed by atoms with van der Waals surface area (Å²) >= 11 is 3.24. The molecule has 0 saturated heterocycles. The Bertz CT molecular complexity index is 740. The van der Waals surface area contributed by atoms with Gasteiger partial charge in [-0.1, -0.05) is 40.2 Å². The van der Waals surface area contributed by atoms with E-state index in [1.165, 1.54) is 36.4 Å². The third kappa shape index (κ3) is 4.13. The fraction of sp³-hybridized carbons (Fsp3) is 0.0714. The van der Waals surface area contributed by atoms with Crippen LogP contribution >= 0.6 is 15.9 Å². The molecule has 7 heteroatoms. The number of aromatic carboxylic acids is 1. The van der Waals surface area contributed by atoms with Gasteiger partial charge in [-0.2, -0.15) is 0 Å². The molecule has 0 fully saturated rings. The van der Waals surface area contributed by atoms with Crippen molar-refractivity contribution in [1.29, 1.82) is 0 Å². The van der Waals surface area contributed by atoms with Crippen molar-refractivity contribution in [3.8, 4) is 0 Å². The van der Waals surface area contributed by atoms with Crippen LogP contribution in [0, 0.1) is 0 Å². The molecule has 0 heterocycles. The van der Waals surface area contributed by atoms with Crippen LogP contribution in [0.5, 0.6) is 0 Å². The van der Waals surface area contributed by atoms with Crippen LogP contribution in [-0.4, -0.2) is 14.4 Å². The Morgan fingerprint density at radius 2 is 1.62 bits per heavy atom. The molecule has 2 aromatic rings. The number of carbonyl (C=O) groups is 1. The van der Waals surface area contributed by atoms with Crippen molar-refractivity contribution in [3.05, 3.63) is 64.1 Å². The first kappa shape index (κ1) is 15.7. The first-order chi connectivity index (χ1) is 9.88. The number of carbonyl (C=O) groups excluding carboxylic acids is 1. The zero-order valence-corrected chi connectivity index (χ0v) is 13.1. The molecule has 0 unspecified atom stereocenters. The maximum atomic E-state index is 12.1. The van der Waals surface area contributed by atoms with Gasteiger partial charge in [-0.25, -0.2) is 13.1 Å². The SMILES string of the molecule is O=C([O-])c1ccc(CNS(=O)(=O)c2ccc(Br)cc2)cc1. The summed E-state index contributed by atoms with van der Waals surface area (Å²) in [5, 5.41) is 10.6. The molecule has 1 N–H and O–H groups in total. The molecule has 21 heavy (non-hydrogen) atoms. The van der Waals surface area contributed by atoms with Crippen LogP contribution < -0.4 is 9.83 Å². The zero-order valence-electron chi connectivity index (χ0n) is 10.7. The average molecular weight is 369 g/mol. The highest BCUT2D eigenvalue weighted by atomic mass is 79.9. The van der Waals surface area contributed by atoms with Gasteiger partial charge in [-0.15, -0.1) is 0 Å². The molecule has 0 bridgehead atoms. The van der Waals surface area contributed by atoms with E-state index in [-0.39, 0.29) is 17.0 Å². The van der Waals surface area contributed by atoms with Crippen LogP contribution in [0.2, 0.25) is 0 Å². The van der Waals surface area contributed by atoms with Crippen LogP contribution in [0.3, 0.4) is 0 Å². The maximum Gasteiger partial charge on any atom is 0.240 e. The van der Waals surface area contributed by atoms with Gasteiger partial charge >= 0.3 is 0 Å². The standard InChI is InChI=1S/C14H12BrNO4S/c15-12-5-7-13(8-6-12)21(19,20)16-9-10-1-3-11(4-2-10)14(17)18/h1-8,16H,9H2,(H,17,18)/p-1. The summed E-state index contributed by atoms with van der Waals surface area (Å²) in [7, 11) is -3.60. The smallest absolute Gasteiger partial charge is 0.240 e. The minimum atomic E-state index is -3.60. The third-order valence-corrected chi connectivity index (χ3v) is 4.73. The normalized spacial score (nSPS) is 11.3. The largest absolute Gasteiger partial charge is 0.545 e. The molecular formula is C14H11BrNO4S-. The molecule has 0 spiro atoms. The van der Waals surface area contributed by atoms with E-state index in [9.17, 15) is 18.3 Å². The van der Waals surface area contributed by atoms with Crippen molar-refractivity contribution >= 4 is 31.9 Å². The van der Waals surface area contributed by atoms with Crippen molar-refractivity contribution in [3.63, 3.8) is 0 Å². The lowest BCUT2D eigenvalue weighted by Crippen LogP contribution is -2.24. The highest BCUT2D eigenvalue weighted by Gasteiger charge is 2.13. The van der Waals surface area contributed by atoms with E-state index in [0.29, 0.717) is 5.56 Å². The van der Waals surface area contributed by atoms with Gasteiger partial charge in [0.05, 0.1) is 10.9 Å². The lowest BCUT2D eigenvalue weighted by atomic mass is 10.1. The number of benzene rings is 2. The number of halogens is 1. The van der Waals surface area contributed by atoms with Crippen molar-refractivity contribution in [1.82, 2.24) is 4.72 Å². The molecule has 0 atom stereocenters. The van der Waals surface area contributed by atoms with Gasteiger partial charge in [-0.3, -0.25) is 0 Å². The van der Waals surface area contributed by atoms with Gasteiger partial charge < -0.3 is 9.90 Å². The second-order valence-electron chi connectivity index (χ2n) is 4.26. The number of hydrogen-bond acceptors (Lipinski definition) is 4. The summed E-state index contributed by atoms with van der Waals surface area (Å²) in [6.45, 7) is 0.0751. The Morgan fingerprint density at radius 3 is 2.14 bits per heavy atom. The molecule has 110 valence electrons. The number of hydrogen-bond donors (Lipinski definition) is 1. The van der Waals surface area contributed by atoms with Crippen LogP contribution in [0.1, 0.15) is 15.9 Å². The minimum absolute atomic E-state index is 0.0505. The number of nitrogens with one attached hydrogen (secondary N) is 1. The van der Waals surface area contributed by atoms with Gasteiger partial charge in [0.25, 0.3) is 0 Å². The highest BCUT2D eigenvalue weighted by molar-refractivity contribution is 9.10. The molecule has 0 saturated carbocycles. The third-order valence-electron chi connectivity index (χ3n) is 2.78. The van der Waals surface area contributed by atoms with E-state index in [0.717, 1.165) is 4.47 Å². The van der Waals surface area contributed by atoms with Gasteiger partial charge in [0.1, 0.15) is 0 Å². The minimum Gasteiger partial charge on any atom is -0.545 e. The van der Waals surface area contributed by atoms with E-state index in [2.05, 4.69) is 20.7 Å². The average Bonchev–Trinajstić information content (AvgIpc) is 2.46. The molecule has 0 aliphatic rings. The Morgan fingerprint density at radius 1 is 1.05 bits per heavy atom. The van der Waals surface area contributed by atoms with Crippen molar-refractivity contribution in [2.45, 2.75) is 11.4 Å². The lowest BCUT2D eigenvalue weighted by molar-refractivity contribution is -0.255. The second-order valence-corrected chi connectivity index (χ2v) is 6.95. The number of carboxylic acids is 1. The number of rotatable bonds is 5. The first-order valence-corrected chi connectivity index (χ1v) is 8.21. The molecule has 2 aromatic carbocycles. The summed E-state index contributed by atoms with van der Waals surface area (Å²) in [5.74, 6) is -1.27. The van der Waals surface area contributed by atoms with Crippen LogP contribution in [0.15, 0.2) is 57.9 Å². The van der Waals surface area contributed by atoms with Gasteiger partial charge in [0, 0.05) is 11.0 Å². The van der Waals surface area contributed by atoms with Crippen LogP contribution in [-0.2, 0) is 16.6 Å².